The van der Waals surface area contributed by atoms with Crippen LogP contribution in [0, 0.1) is 0 Å². The number of carbonyl (C=O) groups excluding carboxylic acids is 1. The molecule has 5 heteroatoms. The van der Waals surface area contributed by atoms with Gasteiger partial charge in [0.1, 0.15) is 6.73 Å². The van der Waals surface area contributed by atoms with Gasteiger partial charge in [-0.1, -0.05) is 0 Å². The molecule has 1 aliphatic heterocycles. The zero-order valence-corrected chi connectivity index (χ0v) is 8.03. The molecular formula is C8H14N2O3. The summed E-state index contributed by atoms with van der Waals surface area (Å²) < 4.78 is 10.2. The van der Waals surface area contributed by atoms with Crippen molar-refractivity contribution < 1.29 is 14.3 Å². The van der Waals surface area contributed by atoms with E-state index in [2.05, 4.69) is 0 Å². The average Bonchev–Trinajstić information content (AvgIpc) is 2.32. The van der Waals surface area contributed by atoms with Crippen LogP contribution in [0.1, 0.15) is 13.8 Å². The van der Waals surface area contributed by atoms with Crippen molar-refractivity contribution in [1.82, 2.24) is 4.90 Å². The lowest BCUT2D eigenvalue weighted by atomic mass is 10.3. The van der Waals surface area contributed by atoms with Gasteiger partial charge in [0.05, 0.1) is 5.70 Å². The molecule has 74 valence electrons. The number of amides is 1. The Bertz CT molecular complexity index is 250. The van der Waals surface area contributed by atoms with Gasteiger partial charge in [-0.15, -0.1) is 0 Å². The second-order valence-electron chi connectivity index (χ2n) is 2.88. The van der Waals surface area contributed by atoms with Gasteiger partial charge in [0.15, 0.2) is 6.23 Å². The molecule has 1 heterocycles. The van der Waals surface area contributed by atoms with E-state index in [0.717, 1.165) is 5.70 Å². The quantitative estimate of drug-likeness (QED) is 0.673. The maximum Gasteiger partial charge on any atom is 0.285 e. The highest BCUT2D eigenvalue weighted by atomic mass is 16.5. The number of nitrogens with zero attached hydrogens (tertiary/aromatic N) is 1. The molecule has 1 unspecified atom stereocenters. The van der Waals surface area contributed by atoms with E-state index < -0.39 is 5.91 Å². The summed E-state index contributed by atoms with van der Waals surface area (Å²) in [6.45, 7) is 4.00. The molecule has 13 heavy (non-hydrogen) atoms. The van der Waals surface area contributed by atoms with Crippen LogP contribution in [0.25, 0.3) is 0 Å². The molecule has 0 radical (unpaired) electrons. The monoisotopic (exact) mass is 186 g/mol. The largest absolute Gasteiger partial charge is 0.463 e. The number of hydrogen-bond donors (Lipinski definition) is 1. The van der Waals surface area contributed by atoms with Gasteiger partial charge in [0, 0.05) is 7.11 Å². The Kier molecular flexibility index (Phi) is 2.77. The van der Waals surface area contributed by atoms with Crippen molar-refractivity contribution in [1.29, 1.82) is 0 Å². The van der Waals surface area contributed by atoms with Crippen molar-refractivity contribution in [3.8, 4) is 0 Å². The van der Waals surface area contributed by atoms with Crippen molar-refractivity contribution in [2.24, 2.45) is 5.73 Å². The van der Waals surface area contributed by atoms with Gasteiger partial charge in [-0.05, 0) is 13.8 Å². The predicted octanol–water partition coefficient (Wildman–Crippen LogP) is -0.0147. The lowest BCUT2D eigenvalue weighted by molar-refractivity contribution is -0.119. The van der Waals surface area contributed by atoms with E-state index in [1.54, 1.807) is 14.0 Å². The van der Waals surface area contributed by atoms with Crippen molar-refractivity contribution >= 4 is 5.91 Å². The van der Waals surface area contributed by atoms with Crippen molar-refractivity contribution in [3.63, 3.8) is 0 Å². The average molecular weight is 186 g/mol. The van der Waals surface area contributed by atoms with Gasteiger partial charge >= 0.3 is 0 Å². The number of hydrogen-bond acceptors (Lipinski definition) is 4. The molecule has 1 amide bonds. The molecule has 0 saturated heterocycles. The summed E-state index contributed by atoms with van der Waals surface area (Å²) in [5, 5.41) is 0. The molecule has 0 aromatic rings. The van der Waals surface area contributed by atoms with Crippen molar-refractivity contribution in [2.45, 2.75) is 20.1 Å². The van der Waals surface area contributed by atoms with Gasteiger partial charge in [-0.25, -0.2) is 0 Å². The third-order valence-corrected chi connectivity index (χ3v) is 1.98. The van der Waals surface area contributed by atoms with Crippen molar-refractivity contribution in [3.05, 3.63) is 11.5 Å². The summed E-state index contributed by atoms with van der Waals surface area (Å²) in [6.07, 6.45) is -0.192. The first-order valence-corrected chi connectivity index (χ1v) is 4.00. The maximum atomic E-state index is 10.9. The fourth-order valence-corrected chi connectivity index (χ4v) is 1.30. The maximum absolute atomic E-state index is 10.9. The minimum Gasteiger partial charge on any atom is -0.463 e. The Morgan fingerprint density at radius 3 is 2.77 bits per heavy atom. The van der Waals surface area contributed by atoms with Crippen LogP contribution in [-0.2, 0) is 14.3 Å². The molecular weight excluding hydrogens is 172 g/mol. The predicted molar refractivity (Wildman–Crippen MR) is 46.2 cm³/mol. The molecule has 0 bridgehead atoms. The van der Waals surface area contributed by atoms with E-state index in [0.29, 0.717) is 6.73 Å². The van der Waals surface area contributed by atoms with Gasteiger partial charge in [-0.2, -0.15) is 0 Å². The minimum absolute atomic E-state index is 0.192. The van der Waals surface area contributed by atoms with Crippen LogP contribution in [0.4, 0.5) is 0 Å². The number of allylic oxidation sites excluding steroid dienone is 1. The van der Waals surface area contributed by atoms with Crippen LogP contribution in [0.5, 0.6) is 0 Å². The van der Waals surface area contributed by atoms with E-state index in [-0.39, 0.29) is 12.0 Å². The molecule has 0 spiro atoms. The molecule has 0 fully saturated rings. The normalized spacial score (nSPS) is 22.1. The first-order valence-electron chi connectivity index (χ1n) is 4.00. The van der Waals surface area contributed by atoms with Crippen LogP contribution in [0.3, 0.4) is 0 Å². The Hall–Kier alpha value is -1.23. The zero-order chi connectivity index (χ0) is 10.0. The standard InChI is InChI=1S/C8H14N2O3/c1-5-7(8(9)11)13-6(2)10(5)4-12-3/h6H,4H2,1-3H3,(H2,9,11). The Morgan fingerprint density at radius 1 is 1.77 bits per heavy atom. The summed E-state index contributed by atoms with van der Waals surface area (Å²) in [6, 6.07) is 0. The van der Waals surface area contributed by atoms with Gasteiger partial charge in [-0.3, -0.25) is 4.79 Å². The van der Waals surface area contributed by atoms with E-state index in [1.165, 1.54) is 0 Å². The third kappa shape index (κ3) is 1.75. The summed E-state index contributed by atoms with van der Waals surface area (Å²) >= 11 is 0. The number of nitrogens with two attached hydrogens (primary N) is 1. The second-order valence-corrected chi connectivity index (χ2v) is 2.88. The van der Waals surface area contributed by atoms with Gasteiger partial charge in [0.2, 0.25) is 5.76 Å². The van der Waals surface area contributed by atoms with E-state index in [9.17, 15) is 4.79 Å². The molecule has 0 saturated carbocycles. The molecule has 1 rings (SSSR count). The van der Waals surface area contributed by atoms with E-state index in [4.69, 9.17) is 15.2 Å². The van der Waals surface area contributed by atoms with E-state index in [1.807, 2.05) is 11.8 Å². The Morgan fingerprint density at radius 2 is 2.38 bits per heavy atom. The molecule has 0 aliphatic carbocycles. The molecule has 0 aromatic heterocycles. The van der Waals surface area contributed by atoms with E-state index >= 15 is 0 Å². The van der Waals surface area contributed by atoms with Crippen LogP contribution in [0.15, 0.2) is 11.5 Å². The highest BCUT2D eigenvalue weighted by Gasteiger charge is 2.29. The summed E-state index contributed by atoms with van der Waals surface area (Å²) in [4.78, 5) is 12.7. The smallest absolute Gasteiger partial charge is 0.285 e. The molecule has 2 N–H and O–H groups in total. The van der Waals surface area contributed by atoms with Gasteiger partial charge in [0.25, 0.3) is 5.91 Å². The first-order chi connectivity index (χ1) is 6.07. The number of rotatable bonds is 3. The second kappa shape index (κ2) is 3.66. The van der Waals surface area contributed by atoms with Crippen LogP contribution < -0.4 is 5.73 Å². The summed E-state index contributed by atoms with van der Waals surface area (Å²) in [7, 11) is 1.59. The minimum atomic E-state index is -0.539. The third-order valence-electron chi connectivity index (χ3n) is 1.98. The number of ether oxygens (including phenoxy) is 2. The highest BCUT2D eigenvalue weighted by molar-refractivity contribution is 5.90. The number of methoxy groups -OCH3 is 1. The van der Waals surface area contributed by atoms with Crippen LogP contribution >= 0.6 is 0 Å². The number of primary amides is 1. The highest BCUT2D eigenvalue weighted by Crippen LogP contribution is 2.24. The van der Waals surface area contributed by atoms with Crippen LogP contribution in [-0.4, -0.2) is 30.9 Å². The fourth-order valence-electron chi connectivity index (χ4n) is 1.30. The van der Waals surface area contributed by atoms with Crippen LogP contribution in [0.2, 0.25) is 0 Å². The first kappa shape index (κ1) is 9.85. The lowest BCUT2D eigenvalue weighted by Crippen LogP contribution is -2.29. The van der Waals surface area contributed by atoms with Gasteiger partial charge < -0.3 is 20.1 Å². The Labute approximate surface area is 77.1 Å². The van der Waals surface area contributed by atoms with Crippen molar-refractivity contribution in [2.75, 3.05) is 13.8 Å². The Balaban J connectivity index is 2.81. The lowest BCUT2D eigenvalue weighted by Gasteiger charge is -2.21. The molecule has 1 aliphatic rings. The molecule has 0 aromatic carbocycles. The summed E-state index contributed by atoms with van der Waals surface area (Å²) in [5.41, 5.74) is 5.84. The molecule has 5 nitrogen and oxygen atoms in total. The SMILES string of the molecule is COCN1C(C)=C(C(N)=O)OC1C. The topological polar surface area (TPSA) is 64.8 Å². The fraction of sp³-hybridized carbons (Fsp3) is 0.625. The summed E-state index contributed by atoms with van der Waals surface area (Å²) in [5.74, 6) is -0.312. The molecule has 1 atom stereocenters. The number of carbonyl (C=O) groups is 1. The zero-order valence-electron chi connectivity index (χ0n) is 8.03.